The Morgan fingerprint density at radius 3 is 2.32 bits per heavy atom. The molecule has 0 bridgehead atoms. The molecule has 3 aromatic rings. The van der Waals surface area contributed by atoms with Gasteiger partial charge in [-0.25, -0.2) is 4.79 Å². The average Bonchev–Trinajstić information content (AvgIpc) is 2.85. The number of carbonyl (C=O) groups is 2. The monoisotopic (exact) mass is 624 g/mol. The lowest BCUT2D eigenvalue weighted by atomic mass is 10.0. The summed E-state index contributed by atoms with van der Waals surface area (Å²) < 4.78 is 17.8. The number of ether oxygens (including phenoxy) is 2. The molecule has 3 N–H and O–H groups in total. The van der Waals surface area contributed by atoms with Crippen molar-refractivity contribution < 1.29 is 38.8 Å². The van der Waals surface area contributed by atoms with Crippen molar-refractivity contribution in [2.75, 3.05) is 13.2 Å². The lowest BCUT2D eigenvalue weighted by molar-refractivity contribution is 0.0615. The van der Waals surface area contributed by atoms with E-state index < -0.39 is 23.3 Å². The highest BCUT2D eigenvalue weighted by molar-refractivity contribution is 14.1. The molecule has 0 fully saturated rings. The number of benzene rings is 2. The van der Waals surface area contributed by atoms with Gasteiger partial charge in [-0.2, -0.15) is 0 Å². The summed E-state index contributed by atoms with van der Waals surface area (Å²) >= 11 is 2.03. The number of carbonyl (C=O) groups excluding carboxylic acids is 1. The van der Waals surface area contributed by atoms with E-state index >= 15 is 0 Å². The Labute approximate surface area is 227 Å². The minimum atomic E-state index is -1.35. The molecule has 0 radical (unpaired) electrons. The molecule has 3 rings (SSSR count). The van der Waals surface area contributed by atoms with E-state index in [1.807, 2.05) is 36.4 Å². The van der Waals surface area contributed by atoms with Crippen molar-refractivity contribution in [3.8, 4) is 17.2 Å². The largest absolute Gasteiger partial charge is 0.507 e. The first kappa shape index (κ1) is 28.5. The first-order valence-corrected chi connectivity index (χ1v) is 13.0. The molecule has 1 aromatic heterocycles. The van der Waals surface area contributed by atoms with Gasteiger partial charge in [0.05, 0.1) is 14.5 Å². The molecule has 0 aliphatic carbocycles. The van der Waals surface area contributed by atoms with Crippen LogP contribution in [0, 0.1) is 3.57 Å². The standard InChI is InChI=1S/C27H29IO9/c1-4-6-17-22(9-8-16-21(31)11-23(27(33)34)37-25(16)17)35-12-15(30)13-36-26-18(7-5-2)24(32)19(14(3)29)10-20(26)28/h8-11,15,30,32H,4-7,12-13H2,1-3H3,(H,33,34). The fourth-order valence-corrected chi connectivity index (χ4v) is 4.77. The zero-order valence-corrected chi connectivity index (χ0v) is 23.0. The number of carboxylic acid groups (broad SMARTS) is 1. The lowest BCUT2D eigenvalue weighted by Crippen LogP contribution is -2.26. The van der Waals surface area contributed by atoms with Crippen LogP contribution in [0.5, 0.6) is 17.2 Å². The van der Waals surface area contributed by atoms with E-state index in [9.17, 15) is 29.7 Å². The molecule has 2 aromatic carbocycles. The maximum absolute atomic E-state index is 12.4. The summed E-state index contributed by atoms with van der Waals surface area (Å²) in [6.45, 7) is 4.96. The summed E-state index contributed by atoms with van der Waals surface area (Å²) in [6, 6.07) is 5.60. The van der Waals surface area contributed by atoms with E-state index in [1.54, 1.807) is 12.1 Å². The van der Waals surface area contributed by atoms with Gasteiger partial charge in [0.25, 0.3) is 0 Å². The molecule has 0 saturated heterocycles. The number of phenolic OH excluding ortho intramolecular Hbond substituents is 1. The van der Waals surface area contributed by atoms with E-state index in [0.717, 1.165) is 12.5 Å². The molecule has 0 aliphatic rings. The number of phenols is 1. The fraction of sp³-hybridized carbons (Fsp3) is 0.370. The molecule has 1 heterocycles. The van der Waals surface area contributed by atoms with Gasteiger partial charge in [0.2, 0.25) is 5.76 Å². The third-order valence-electron chi connectivity index (χ3n) is 5.70. The highest BCUT2D eigenvalue weighted by atomic mass is 127. The predicted molar refractivity (Wildman–Crippen MR) is 145 cm³/mol. The summed E-state index contributed by atoms with van der Waals surface area (Å²) in [7, 11) is 0. The molecule has 0 aliphatic heterocycles. The first-order chi connectivity index (χ1) is 17.6. The van der Waals surface area contributed by atoms with Gasteiger partial charge in [-0.3, -0.25) is 9.59 Å². The minimum Gasteiger partial charge on any atom is -0.507 e. The molecule has 0 saturated carbocycles. The maximum atomic E-state index is 12.4. The number of hydrogen-bond acceptors (Lipinski definition) is 8. The Morgan fingerprint density at radius 1 is 1.05 bits per heavy atom. The van der Waals surface area contributed by atoms with Gasteiger partial charge in [0, 0.05) is 17.2 Å². The van der Waals surface area contributed by atoms with Crippen LogP contribution in [0.4, 0.5) is 0 Å². The Hall–Kier alpha value is -3.12. The highest BCUT2D eigenvalue weighted by Crippen LogP contribution is 2.37. The quantitative estimate of drug-likeness (QED) is 0.193. The van der Waals surface area contributed by atoms with Gasteiger partial charge in [-0.05, 0) is 60.6 Å². The average molecular weight is 624 g/mol. The lowest BCUT2D eigenvalue weighted by Gasteiger charge is -2.19. The normalized spacial score (nSPS) is 11.9. The van der Waals surface area contributed by atoms with Crippen LogP contribution in [0.25, 0.3) is 11.0 Å². The molecule has 9 nitrogen and oxygen atoms in total. The molecule has 0 spiro atoms. The Kier molecular flexibility index (Phi) is 9.55. The van der Waals surface area contributed by atoms with Crippen molar-refractivity contribution in [1.82, 2.24) is 0 Å². The Bertz CT molecular complexity index is 1380. The van der Waals surface area contributed by atoms with Crippen LogP contribution in [-0.4, -0.2) is 46.4 Å². The molecule has 198 valence electrons. The van der Waals surface area contributed by atoms with E-state index in [1.165, 1.54) is 13.0 Å². The number of Topliss-reactive ketones (excluding diaryl/α,β-unsaturated/α-hetero) is 1. The summed E-state index contributed by atoms with van der Waals surface area (Å²) in [5, 5.41) is 30.7. The molecule has 1 unspecified atom stereocenters. The number of hydrogen-bond donors (Lipinski definition) is 3. The van der Waals surface area contributed by atoms with Gasteiger partial charge >= 0.3 is 5.97 Å². The van der Waals surface area contributed by atoms with Crippen LogP contribution in [0.3, 0.4) is 0 Å². The Balaban J connectivity index is 1.81. The number of carboxylic acids is 1. The van der Waals surface area contributed by atoms with Crippen LogP contribution in [0.2, 0.25) is 0 Å². The number of aliphatic hydroxyl groups excluding tert-OH is 1. The van der Waals surface area contributed by atoms with Gasteiger partial charge in [0.15, 0.2) is 11.2 Å². The number of aromatic carboxylic acids is 1. The minimum absolute atomic E-state index is 0.113. The van der Waals surface area contributed by atoms with Crippen molar-refractivity contribution in [2.45, 2.75) is 52.6 Å². The van der Waals surface area contributed by atoms with Gasteiger partial charge in [0.1, 0.15) is 42.1 Å². The molecule has 1 atom stereocenters. The topological polar surface area (TPSA) is 144 Å². The third kappa shape index (κ3) is 6.42. The molecule has 10 heteroatoms. The molecule has 0 amide bonds. The third-order valence-corrected chi connectivity index (χ3v) is 6.50. The fourth-order valence-electron chi connectivity index (χ4n) is 3.98. The van der Waals surface area contributed by atoms with Crippen molar-refractivity contribution in [3.05, 3.63) is 60.5 Å². The first-order valence-electron chi connectivity index (χ1n) is 11.9. The van der Waals surface area contributed by atoms with E-state index in [0.29, 0.717) is 45.5 Å². The van der Waals surface area contributed by atoms with Gasteiger partial charge < -0.3 is 29.2 Å². The van der Waals surface area contributed by atoms with Crippen molar-refractivity contribution in [3.63, 3.8) is 0 Å². The van der Waals surface area contributed by atoms with Crippen LogP contribution >= 0.6 is 22.6 Å². The summed E-state index contributed by atoms with van der Waals surface area (Å²) in [6.07, 6.45) is 1.30. The number of aliphatic hydroxyl groups is 1. The highest BCUT2D eigenvalue weighted by Gasteiger charge is 2.21. The molecular weight excluding hydrogens is 595 g/mol. The smallest absolute Gasteiger partial charge is 0.371 e. The summed E-state index contributed by atoms with van der Waals surface area (Å²) in [5.41, 5.74) is 0.957. The van der Waals surface area contributed by atoms with Gasteiger partial charge in [-0.15, -0.1) is 0 Å². The Morgan fingerprint density at radius 2 is 1.70 bits per heavy atom. The number of halogens is 1. The van der Waals surface area contributed by atoms with Gasteiger partial charge in [-0.1, -0.05) is 26.7 Å². The predicted octanol–water partition coefficient (Wildman–Crippen LogP) is 4.73. The molecule has 37 heavy (non-hydrogen) atoms. The van der Waals surface area contributed by atoms with Crippen LogP contribution in [0.1, 0.15) is 65.7 Å². The SMILES string of the molecule is CCCc1c(O)c(C(C)=O)cc(I)c1OCC(O)COc1ccc2c(=O)cc(C(=O)O)oc2c1CCC. The summed E-state index contributed by atoms with van der Waals surface area (Å²) in [4.78, 5) is 35.6. The number of ketones is 1. The van der Waals surface area contributed by atoms with Crippen LogP contribution < -0.4 is 14.9 Å². The van der Waals surface area contributed by atoms with Crippen molar-refractivity contribution in [1.29, 1.82) is 0 Å². The van der Waals surface area contributed by atoms with Crippen molar-refractivity contribution in [2.24, 2.45) is 0 Å². The second-order valence-electron chi connectivity index (χ2n) is 8.59. The zero-order chi connectivity index (χ0) is 27.3. The van der Waals surface area contributed by atoms with E-state index in [4.69, 9.17) is 13.9 Å². The molecular formula is C27H29IO9. The number of fused-ring (bicyclic) bond motifs is 1. The zero-order valence-electron chi connectivity index (χ0n) is 20.8. The number of aromatic hydroxyl groups is 1. The second-order valence-corrected chi connectivity index (χ2v) is 9.76. The van der Waals surface area contributed by atoms with Crippen LogP contribution in [-0.2, 0) is 12.8 Å². The number of rotatable bonds is 12. The van der Waals surface area contributed by atoms with E-state index in [2.05, 4.69) is 0 Å². The second kappa shape index (κ2) is 12.4. The number of aryl methyl sites for hydroxylation is 1. The summed E-state index contributed by atoms with van der Waals surface area (Å²) in [5.74, 6) is -1.40. The van der Waals surface area contributed by atoms with Crippen LogP contribution in [0.15, 0.2) is 33.5 Å². The maximum Gasteiger partial charge on any atom is 0.371 e. The van der Waals surface area contributed by atoms with E-state index in [-0.39, 0.29) is 41.3 Å². The van der Waals surface area contributed by atoms with Crippen molar-refractivity contribution >= 4 is 45.3 Å².